The van der Waals surface area contributed by atoms with E-state index in [1.54, 1.807) is 54.6 Å². The van der Waals surface area contributed by atoms with E-state index in [4.69, 9.17) is 4.74 Å². The van der Waals surface area contributed by atoms with Crippen LogP contribution in [0.15, 0.2) is 114 Å². The van der Waals surface area contributed by atoms with E-state index >= 15 is 0 Å². The van der Waals surface area contributed by atoms with Crippen LogP contribution < -0.4 is 14.4 Å². The number of hydrogen-bond acceptors (Lipinski definition) is 4. The van der Waals surface area contributed by atoms with Crippen molar-refractivity contribution in [3.8, 4) is 5.75 Å². The fourth-order valence-electron chi connectivity index (χ4n) is 3.51. The van der Waals surface area contributed by atoms with Crippen molar-refractivity contribution in [2.45, 2.75) is 11.3 Å². The molecular weight excluding hydrogens is 460 g/mol. The van der Waals surface area contributed by atoms with Gasteiger partial charge in [0, 0.05) is 24.7 Å². The molecule has 0 aliphatic rings. The molecule has 0 radical (unpaired) electrons. The Morgan fingerprint density at radius 2 is 1.49 bits per heavy atom. The lowest BCUT2D eigenvalue weighted by atomic mass is 10.1. The van der Waals surface area contributed by atoms with Crippen molar-refractivity contribution < 1.29 is 17.9 Å². The molecule has 1 amide bonds. The predicted molar refractivity (Wildman–Crippen MR) is 139 cm³/mol. The van der Waals surface area contributed by atoms with Gasteiger partial charge < -0.3 is 10.1 Å². The molecule has 7 heteroatoms. The SMILES string of the molecule is CN(c1ccccc1)S(=O)(=O)c1ccc(NC(=O)c2cccc(OCCc3ccccc3)c2)cc1. The van der Waals surface area contributed by atoms with Crippen LogP contribution in [0.5, 0.6) is 5.75 Å². The van der Waals surface area contributed by atoms with Gasteiger partial charge in [0.05, 0.1) is 17.2 Å². The molecule has 0 atom stereocenters. The number of benzene rings is 4. The summed E-state index contributed by atoms with van der Waals surface area (Å²) in [6.07, 6.45) is 0.770. The highest BCUT2D eigenvalue weighted by molar-refractivity contribution is 7.92. The number of nitrogens with one attached hydrogen (secondary N) is 1. The molecule has 0 heterocycles. The Labute approximate surface area is 205 Å². The Balaban J connectivity index is 1.38. The number of hydrogen-bond donors (Lipinski definition) is 1. The molecule has 0 unspecified atom stereocenters. The number of anilines is 2. The maximum absolute atomic E-state index is 12.9. The number of nitrogens with zero attached hydrogens (tertiary/aromatic N) is 1. The summed E-state index contributed by atoms with van der Waals surface area (Å²) >= 11 is 0. The zero-order valence-electron chi connectivity index (χ0n) is 19.3. The lowest BCUT2D eigenvalue weighted by Gasteiger charge is -2.19. The molecule has 4 rings (SSSR count). The van der Waals surface area contributed by atoms with E-state index in [-0.39, 0.29) is 10.8 Å². The molecule has 0 spiro atoms. The van der Waals surface area contributed by atoms with Crippen LogP contribution in [0.2, 0.25) is 0 Å². The summed E-state index contributed by atoms with van der Waals surface area (Å²) in [7, 11) is -2.21. The second-order valence-corrected chi connectivity index (χ2v) is 9.87. The Kier molecular flexibility index (Phi) is 7.48. The maximum Gasteiger partial charge on any atom is 0.264 e. The highest BCUT2D eigenvalue weighted by Gasteiger charge is 2.21. The first-order valence-electron chi connectivity index (χ1n) is 11.2. The van der Waals surface area contributed by atoms with Gasteiger partial charge in [-0.05, 0) is 60.2 Å². The highest BCUT2D eigenvalue weighted by Crippen LogP contribution is 2.23. The topological polar surface area (TPSA) is 75.7 Å². The van der Waals surface area contributed by atoms with Gasteiger partial charge in [-0.2, -0.15) is 0 Å². The Bertz CT molecular complexity index is 1370. The van der Waals surface area contributed by atoms with Crippen molar-refractivity contribution in [1.29, 1.82) is 0 Å². The van der Waals surface area contributed by atoms with Crippen LogP contribution in [0.25, 0.3) is 0 Å². The number of carbonyl (C=O) groups is 1. The third-order valence-electron chi connectivity index (χ3n) is 5.49. The van der Waals surface area contributed by atoms with E-state index in [9.17, 15) is 13.2 Å². The zero-order valence-corrected chi connectivity index (χ0v) is 20.1. The number of carbonyl (C=O) groups excluding carboxylic acids is 1. The fourth-order valence-corrected chi connectivity index (χ4v) is 4.70. The van der Waals surface area contributed by atoms with Gasteiger partial charge in [-0.3, -0.25) is 9.10 Å². The van der Waals surface area contributed by atoms with Gasteiger partial charge in [0.2, 0.25) is 0 Å². The van der Waals surface area contributed by atoms with Gasteiger partial charge >= 0.3 is 0 Å². The molecule has 0 aromatic heterocycles. The van der Waals surface area contributed by atoms with Gasteiger partial charge in [-0.15, -0.1) is 0 Å². The minimum Gasteiger partial charge on any atom is -0.493 e. The molecule has 1 N–H and O–H groups in total. The first-order valence-corrected chi connectivity index (χ1v) is 12.6. The largest absolute Gasteiger partial charge is 0.493 e. The zero-order chi connectivity index (χ0) is 24.7. The molecular formula is C28H26N2O4S. The smallest absolute Gasteiger partial charge is 0.264 e. The normalized spacial score (nSPS) is 11.0. The van der Waals surface area contributed by atoms with E-state index in [1.165, 1.54) is 29.0 Å². The van der Waals surface area contributed by atoms with Crippen molar-refractivity contribution in [2.24, 2.45) is 0 Å². The third kappa shape index (κ3) is 6.07. The number of para-hydroxylation sites is 1. The summed E-state index contributed by atoms with van der Waals surface area (Å²) in [6, 6.07) is 32.0. The summed E-state index contributed by atoms with van der Waals surface area (Å²) in [5, 5.41) is 2.80. The lowest BCUT2D eigenvalue weighted by Crippen LogP contribution is -2.26. The van der Waals surface area contributed by atoms with Crippen LogP contribution in [-0.2, 0) is 16.4 Å². The molecule has 0 aliphatic carbocycles. The second-order valence-electron chi connectivity index (χ2n) is 7.90. The van der Waals surface area contributed by atoms with Gasteiger partial charge in [0.25, 0.3) is 15.9 Å². The van der Waals surface area contributed by atoms with Crippen molar-refractivity contribution in [2.75, 3.05) is 23.3 Å². The van der Waals surface area contributed by atoms with Crippen molar-refractivity contribution in [1.82, 2.24) is 0 Å². The quantitative estimate of drug-likeness (QED) is 0.344. The minimum absolute atomic E-state index is 0.135. The lowest BCUT2D eigenvalue weighted by molar-refractivity contribution is 0.102. The van der Waals surface area contributed by atoms with Gasteiger partial charge in [0.1, 0.15) is 5.75 Å². The number of amides is 1. The number of sulfonamides is 1. The van der Waals surface area contributed by atoms with Gasteiger partial charge in [0.15, 0.2) is 0 Å². The molecule has 0 saturated heterocycles. The summed E-state index contributed by atoms with van der Waals surface area (Å²) in [6.45, 7) is 0.502. The number of ether oxygens (including phenoxy) is 1. The van der Waals surface area contributed by atoms with Crippen molar-refractivity contribution in [3.63, 3.8) is 0 Å². The van der Waals surface area contributed by atoms with E-state index in [2.05, 4.69) is 5.32 Å². The molecule has 178 valence electrons. The first kappa shape index (κ1) is 24.0. The van der Waals surface area contributed by atoms with E-state index in [0.29, 0.717) is 29.3 Å². The first-order chi connectivity index (χ1) is 16.9. The Morgan fingerprint density at radius 1 is 0.829 bits per heavy atom. The summed E-state index contributed by atoms with van der Waals surface area (Å²) in [5.41, 5.74) is 2.69. The predicted octanol–water partition coefficient (Wildman–Crippen LogP) is 5.39. The Morgan fingerprint density at radius 3 is 2.17 bits per heavy atom. The average Bonchev–Trinajstić information content (AvgIpc) is 2.90. The molecule has 35 heavy (non-hydrogen) atoms. The highest BCUT2D eigenvalue weighted by atomic mass is 32.2. The van der Waals surface area contributed by atoms with Crippen LogP contribution in [0.3, 0.4) is 0 Å². The fraction of sp³-hybridized carbons (Fsp3) is 0.107. The van der Waals surface area contributed by atoms with E-state index in [1.807, 2.05) is 42.5 Å². The number of rotatable bonds is 9. The van der Waals surface area contributed by atoms with Gasteiger partial charge in [-0.1, -0.05) is 54.6 Å². The van der Waals surface area contributed by atoms with E-state index < -0.39 is 10.0 Å². The van der Waals surface area contributed by atoms with Crippen LogP contribution in [0.1, 0.15) is 15.9 Å². The molecule has 0 bridgehead atoms. The van der Waals surface area contributed by atoms with Crippen molar-refractivity contribution >= 4 is 27.3 Å². The summed E-state index contributed by atoms with van der Waals surface area (Å²) in [5.74, 6) is 0.300. The molecule has 0 aliphatic heterocycles. The standard InChI is InChI=1S/C28H26N2O4S/c1-30(25-12-6-3-7-13-25)35(32,33)27-17-15-24(16-18-27)29-28(31)23-11-8-14-26(21-23)34-20-19-22-9-4-2-5-10-22/h2-18,21H,19-20H2,1H3,(H,29,31). The maximum atomic E-state index is 12.9. The average molecular weight is 487 g/mol. The molecule has 4 aromatic rings. The minimum atomic E-state index is -3.72. The molecule has 4 aromatic carbocycles. The molecule has 0 fully saturated rings. The summed E-state index contributed by atoms with van der Waals surface area (Å²) in [4.78, 5) is 12.9. The molecule has 6 nitrogen and oxygen atoms in total. The van der Waals surface area contributed by atoms with Gasteiger partial charge in [-0.25, -0.2) is 8.42 Å². The molecule has 0 saturated carbocycles. The second kappa shape index (κ2) is 10.9. The van der Waals surface area contributed by atoms with E-state index in [0.717, 1.165) is 6.42 Å². The van der Waals surface area contributed by atoms with Crippen LogP contribution in [0, 0.1) is 0 Å². The summed E-state index contributed by atoms with van der Waals surface area (Å²) < 4.78 is 32.9. The van der Waals surface area contributed by atoms with Crippen LogP contribution in [-0.4, -0.2) is 28.0 Å². The third-order valence-corrected chi connectivity index (χ3v) is 7.29. The van der Waals surface area contributed by atoms with Crippen LogP contribution >= 0.6 is 0 Å². The Hall–Kier alpha value is -4.10. The van der Waals surface area contributed by atoms with Crippen molar-refractivity contribution in [3.05, 3.63) is 120 Å². The van der Waals surface area contributed by atoms with Crippen LogP contribution in [0.4, 0.5) is 11.4 Å². The monoisotopic (exact) mass is 486 g/mol.